The lowest BCUT2D eigenvalue weighted by Crippen LogP contribution is -2.27. The van der Waals surface area contributed by atoms with Crippen molar-refractivity contribution in [2.45, 2.75) is 0 Å². The summed E-state index contributed by atoms with van der Waals surface area (Å²) in [5.74, 6) is 0. The van der Waals surface area contributed by atoms with E-state index in [0.29, 0.717) is 28.6 Å². The van der Waals surface area contributed by atoms with Crippen LogP contribution in [0.2, 0.25) is 0 Å². The van der Waals surface area contributed by atoms with Gasteiger partial charge in [0.2, 0.25) is 0 Å². The molecule has 4 nitrogen and oxygen atoms in total. The lowest BCUT2D eigenvalue weighted by molar-refractivity contribution is 1.06. The fourth-order valence-corrected chi connectivity index (χ4v) is 1.19. The molecule has 0 aliphatic carbocycles. The molecule has 1 aliphatic heterocycles. The number of fused-ring (bicyclic) bond motifs is 1. The lowest BCUT2D eigenvalue weighted by Gasteiger charge is -1.91. The maximum atomic E-state index is 8.70. The normalized spacial score (nSPS) is 12.6. The van der Waals surface area contributed by atoms with Crippen LogP contribution in [0.3, 0.4) is 0 Å². The molecule has 0 saturated heterocycles. The van der Waals surface area contributed by atoms with Gasteiger partial charge in [-0.05, 0) is 12.1 Å². The van der Waals surface area contributed by atoms with Crippen LogP contribution in [-0.4, -0.2) is 6.67 Å². The van der Waals surface area contributed by atoms with Gasteiger partial charge in [0.15, 0.2) is 0 Å². The zero-order valence-electron chi connectivity index (χ0n) is 6.28. The van der Waals surface area contributed by atoms with Crippen molar-refractivity contribution in [2.24, 2.45) is 9.98 Å². The largest absolute Gasteiger partial charge is 0.397 e. The molecule has 0 amide bonds. The summed E-state index contributed by atoms with van der Waals surface area (Å²) < 4.78 is 0. The van der Waals surface area contributed by atoms with Gasteiger partial charge in [-0.2, -0.15) is 5.26 Å². The Kier molecular flexibility index (Phi) is 1.31. The molecule has 4 heteroatoms. The van der Waals surface area contributed by atoms with Gasteiger partial charge in [-0.1, -0.05) is 0 Å². The molecule has 0 radical (unpaired) electrons. The third-order valence-electron chi connectivity index (χ3n) is 1.76. The summed E-state index contributed by atoms with van der Waals surface area (Å²) >= 11 is 0. The number of nitrogen functional groups attached to an aromatic ring is 1. The first-order chi connectivity index (χ1) is 5.83. The van der Waals surface area contributed by atoms with Gasteiger partial charge in [0.05, 0.1) is 11.3 Å². The number of hydrogen-bond acceptors (Lipinski definition) is 4. The molecule has 1 aromatic rings. The van der Waals surface area contributed by atoms with E-state index < -0.39 is 0 Å². The first-order valence-electron chi connectivity index (χ1n) is 3.50. The van der Waals surface area contributed by atoms with Gasteiger partial charge in [-0.3, -0.25) is 9.98 Å². The van der Waals surface area contributed by atoms with Crippen molar-refractivity contribution in [3.05, 3.63) is 28.4 Å². The van der Waals surface area contributed by atoms with Gasteiger partial charge in [-0.25, -0.2) is 0 Å². The Labute approximate surface area is 68.7 Å². The van der Waals surface area contributed by atoms with Crippen molar-refractivity contribution in [1.82, 2.24) is 0 Å². The second-order valence-corrected chi connectivity index (χ2v) is 2.47. The van der Waals surface area contributed by atoms with Crippen molar-refractivity contribution in [2.75, 3.05) is 12.4 Å². The Morgan fingerprint density at radius 1 is 1.33 bits per heavy atom. The highest BCUT2D eigenvalue weighted by molar-refractivity contribution is 5.43. The minimum absolute atomic E-state index is 0.387. The number of nitrogens with zero attached hydrogens (tertiary/aromatic N) is 3. The number of nitrogens with two attached hydrogens (primary N) is 1. The van der Waals surface area contributed by atoms with Crippen LogP contribution in [0.5, 0.6) is 0 Å². The molecule has 0 unspecified atom stereocenters. The van der Waals surface area contributed by atoms with E-state index in [0.717, 1.165) is 0 Å². The number of anilines is 1. The van der Waals surface area contributed by atoms with Crippen molar-refractivity contribution in [3.8, 4) is 6.07 Å². The van der Waals surface area contributed by atoms with E-state index in [1.165, 1.54) is 0 Å². The van der Waals surface area contributed by atoms with Crippen LogP contribution in [0.4, 0.5) is 5.69 Å². The zero-order valence-corrected chi connectivity index (χ0v) is 6.28. The molecule has 0 aromatic heterocycles. The molecular weight excluding hydrogens is 152 g/mol. The highest BCUT2D eigenvalue weighted by Gasteiger charge is 2.04. The maximum absolute atomic E-state index is 8.70. The molecule has 0 saturated carbocycles. The monoisotopic (exact) mass is 158 g/mol. The second kappa shape index (κ2) is 2.31. The highest BCUT2D eigenvalue weighted by Crippen LogP contribution is 1.95. The minimum atomic E-state index is 0.387. The lowest BCUT2D eigenvalue weighted by atomic mass is 10.2. The van der Waals surface area contributed by atoms with Crippen LogP contribution >= 0.6 is 0 Å². The fourth-order valence-electron chi connectivity index (χ4n) is 1.19. The quantitative estimate of drug-likeness (QED) is 0.509. The first-order valence-corrected chi connectivity index (χ1v) is 3.50. The zero-order chi connectivity index (χ0) is 8.55. The average Bonchev–Trinajstić information content (AvgIpc) is 2.54. The molecular formula is C8H6N4. The summed E-state index contributed by atoms with van der Waals surface area (Å²) in [6, 6.07) is 5.39. The summed E-state index contributed by atoms with van der Waals surface area (Å²) in [5, 5.41) is 10.00. The Hall–Kier alpha value is -1.89. The minimum Gasteiger partial charge on any atom is -0.397 e. The van der Waals surface area contributed by atoms with Gasteiger partial charge in [0, 0.05) is 0 Å². The molecule has 2 rings (SSSR count). The molecule has 1 heterocycles. The van der Waals surface area contributed by atoms with Crippen molar-refractivity contribution < 1.29 is 0 Å². The number of benzene rings is 1. The van der Waals surface area contributed by atoms with E-state index in [-0.39, 0.29) is 0 Å². The fraction of sp³-hybridized carbons (Fsp3) is 0.125. The number of hydrogen-bond donors (Lipinski definition) is 1. The Balaban J connectivity index is 2.96. The Morgan fingerprint density at radius 3 is 2.83 bits per heavy atom. The molecule has 58 valence electrons. The van der Waals surface area contributed by atoms with Gasteiger partial charge in [-0.15, -0.1) is 0 Å². The Bertz CT molecular complexity index is 481. The number of rotatable bonds is 0. The first kappa shape index (κ1) is 6.80. The van der Waals surface area contributed by atoms with E-state index >= 15 is 0 Å². The summed E-state index contributed by atoms with van der Waals surface area (Å²) in [6.45, 7) is 0.387. The van der Waals surface area contributed by atoms with E-state index in [2.05, 4.69) is 9.98 Å². The smallest absolute Gasteiger partial charge is 0.131 e. The van der Waals surface area contributed by atoms with Crippen molar-refractivity contribution >= 4 is 5.69 Å². The average molecular weight is 158 g/mol. The summed E-state index contributed by atoms with van der Waals surface area (Å²) in [5.41, 5.74) is 6.76. The topological polar surface area (TPSA) is 74.5 Å². The van der Waals surface area contributed by atoms with Gasteiger partial charge in [0.1, 0.15) is 23.5 Å². The van der Waals surface area contributed by atoms with Crippen LogP contribution < -0.4 is 16.4 Å². The summed E-state index contributed by atoms with van der Waals surface area (Å²) in [4.78, 5) is 8.13. The molecule has 0 atom stereocenters. The van der Waals surface area contributed by atoms with Gasteiger partial charge < -0.3 is 5.73 Å². The summed E-state index contributed by atoms with van der Waals surface area (Å²) in [7, 11) is 0. The summed E-state index contributed by atoms with van der Waals surface area (Å²) in [6.07, 6.45) is 0. The van der Waals surface area contributed by atoms with E-state index in [4.69, 9.17) is 11.0 Å². The molecule has 1 aliphatic rings. The third kappa shape index (κ3) is 0.768. The molecule has 0 fully saturated rings. The standard InChI is InChI=1S/C8H6N4/c9-3-5-1-2-6(10)8-7(5)11-4-12-8/h1-2H,4,10H2. The molecule has 1 aromatic carbocycles. The van der Waals surface area contributed by atoms with E-state index in [1.54, 1.807) is 12.1 Å². The van der Waals surface area contributed by atoms with E-state index in [9.17, 15) is 0 Å². The van der Waals surface area contributed by atoms with Crippen LogP contribution in [0.1, 0.15) is 5.56 Å². The van der Waals surface area contributed by atoms with Crippen LogP contribution in [-0.2, 0) is 0 Å². The van der Waals surface area contributed by atoms with Gasteiger partial charge >= 0.3 is 0 Å². The van der Waals surface area contributed by atoms with Crippen LogP contribution in [0.15, 0.2) is 22.1 Å². The maximum Gasteiger partial charge on any atom is 0.131 e. The molecule has 12 heavy (non-hydrogen) atoms. The van der Waals surface area contributed by atoms with Crippen LogP contribution in [0.25, 0.3) is 0 Å². The van der Waals surface area contributed by atoms with Crippen LogP contribution in [0, 0.1) is 11.3 Å². The van der Waals surface area contributed by atoms with Gasteiger partial charge in [0.25, 0.3) is 0 Å². The Morgan fingerprint density at radius 2 is 2.08 bits per heavy atom. The third-order valence-corrected chi connectivity index (χ3v) is 1.76. The molecule has 2 N–H and O–H groups in total. The number of nitriles is 1. The van der Waals surface area contributed by atoms with Crippen molar-refractivity contribution in [1.29, 1.82) is 5.26 Å². The predicted octanol–water partition coefficient (Wildman–Crippen LogP) is -0.649. The molecule has 0 spiro atoms. The molecule has 0 bridgehead atoms. The van der Waals surface area contributed by atoms with E-state index in [1.807, 2.05) is 6.07 Å². The SMILES string of the molecule is N#Cc1ccc(N)c2c1=NCN=2. The highest BCUT2D eigenvalue weighted by atomic mass is 15.0. The predicted molar refractivity (Wildman–Crippen MR) is 42.7 cm³/mol. The second-order valence-electron chi connectivity index (χ2n) is 2.47. The van der Waals surface area contributed by atoms with Crippen molar-refractivity contribution in [3.63, 3.8) is 0 Å².